The second-order valence-electron chi connectivity index (χ2n) is 18.3. The standard InChI is InChI=1S/C26H50N2.C18H37Br.C7H13N3.Na.H/c1-2-3-4-5-6-7-8-9-10-11-12-13-14-15-16-17-20-25-21-18-23-28-24-19-22-27-26(25)28;1-2-3-4-5-6-7-8-9-10-11-12-13-14-15-16-17-18-19;1-3-8-7-9-4-2-6-10(7)5-1;;/h25H,2-24H2,1H3;2-18H2,1H3;1-6H2,(H,8,9);;/q;;;+1;-1. The van der Waals surface area contributed by atoms with Gasteiger partial charge in [-0.2, -0.15) is 0 Å². The van der Waals surface area contributed by atoms with Crippen molar-refractivity contribution in [1.82, 2.24) is 15.1 Å². The number of unbranched alkanes of at least 4 members (excludes halogenated alkanes) is 30. The van der Waals surface area contributed by atoms with Gasteiger partial charge in [-0.15, -0.1) is 0 Å². The fourth-order valence-corrected chi connectivity index (χ4v) is 9.70. The largest absolute Gasteiger partial charge is 1.00 e. The fraction of sp³-hybridized carbons (Fsp3) is 0.961. The Morgan fingerprint density at radius 3 is 1.31 bits per heavy atom. The summed E-state index contributed by atoms with van der Waals surface area (Å²) in [6.07, 6.45) is 54.6. The van der Waals surface area contributed by atoms with Gasteiger partial charge in [-0.3, -0.25) is 9.98 Å². The first-order valence-corrected chi connectivity index (χ1v) is 27.3. The van der Waals surface area contributed by atoms with Crippen molar-refractivity contribution in [3.63, 3.8) is 0 Å². The number of piperidine rings is 1. The number of rotatable bonds is 33. The molecule has 7 heteroatoms. The van der Waals surface area contributed by atoms with Crippen LogP contribution in [0.1, 0.15) is 259 Å². The van der Waals surface area contributed by atoms with E-state index < -0.39 is 0 Å². The molecule has 4 rings (SSSR count). The minimum absolute atomic E-state index is 0. The molecule has 1 atom stereocenters. The summed E-state index contributed by atoms with van der Waals surface area (Å²) in [5.74, 6) is 3.41. The minimum Gasteiger partial charge on any atom is -1.00 e. The van der Waals surface area contributed by atoms with Gasteiger partial charge in [0, 0.05) is 57.1 Å². The van der Waals surface area contributed by atoms with Crippen LogP contribution in [-0.2, 0) is 0 Å². The van der Waals surface area contributed by atoms with Crippen molar-refractivity contribution in [3.05, 3.63) is 0 Å². The number of fused-ring (bicyclic) bond motifs is 2. The molecule has 0 aromatic rings. The molecule has 1 unspecified atom stereocenters. The molecule has 0 aromatic heterocycles. The molecule has 0 aliphatic carbocycles. The van der Waals surface area contributed by atoms with E-state index in [1.165, 1.54) is 281 Å². The second kappa shape index (κ2) is 43.9. The van der Waals surface area contributed by atoms with E-state index in [4.69, 9.17) is 4.99 Å². The Labute approximate surface area is 396 Å². The molecular formula is C51H101BrN5Na. The summed E-state index contributed by atoms with van der Waals surface area (Å²) < 4.78 is 0. The van der Waals surface area contributed by atoms with E-state index in [2.05, 4.69) is 49.9 Å². The Morgan fingerprint density at radius 1 is 0.483 bits per heavy atom. The monoisotopic (exact) mass is 886 g/mol. The zero-order chi connectivity index (χ0) is 40.5. The van der Waals surface area contributed by atoms with Crippen molar-refractivity contribution in [2.75, 3.05) is 51.1 Å². The third-order valence-electron chi connectivity index (χ3n) is 13.0. The average molecular weight is 887 g/mol. The number of nitrogens with one attached hydrogen (secondary N) is 1. The molecule has 2 saturated heterocycles. The van der Waals surface area contributed by atoms with Gasteiger partial charge in [0.05, 0.1) is 0 Å². The topological polar surface area (TPSA) is 43.2 Å². The first-order chi connectivity index (χ1) is 28.3. The maximum absolute atomic E-state index is 4.87. The number of aliphatic imine (C=N–C) groups is 2. The molecule has 2 fully saturated rings. The van der Waals surface area contributed by atoms with Gasteiger partial charge in [0.25, 0.3) is 0 Å². The molecule has 58 heavy (non-hydrogen) atoms. The number of guanidine groups is 1. The Bertz CT molecular complexity index is 907. The van der Waals surface area contributed by atoms with Crippen LogP contribution in [0.4, 0.5) is 0 Å². The smallest absolute Gasteiger partial charge is 1.00 e. The van der Waals surface area contributed by atoms with Crippen molar-refractivity contribution in [3.8, 4) is 0 Å². The van der Waals surface area contributed by atoms with Gasteiger partial charge in [0.2, 0.25) is 0 Å². The predicted molar refractivity (Wildman–Crippen MR) is 261 cm³/mol. The van der Waals surface area contributed by atoms with Crippen molar-refractivity contribution in [2.24, 2.45) is 15.9 Å². The van der Waals surface area contributed by atoms with E-state index in [1.807, 2.05) is 0 Å². The first kappa shape index (κ1) is 56.2. The maximum atomic E-state index is 4.87. The molecule has 0 aromatic carbocycles. The molecule has 4 aliphatic rings. The van der Waals surface area contributed by atoms with Crippen LogP contribution in [0.5, 0.6) is 0 Å². The van der Waals surface area contributed by atoms with Gasteiger partial charge in [-0.25, -0.2) is 0 Å². The van der Waals surface area contributed by atoms with Gasteiger partial charge in [0.15, 0.2) is 5.96 Å². The second-order valence-corrected chi connectivity index (χ2v) is 19.1. The van der Waals surface area contributed by atoms with E-state index in [0.717, 1.165) is 31.5 Å². The minimum atomic E-state index is 0. The van der Waals surface area contributed by atoms with Crippen LogP contribution in [0.2, 0.25) is 0 Å². The normalized spacial score (nSPS) is 17.3. The Hall–Kier alpha value is 0.220. The summed E-state index contributed by atoms with van der Waals surface area (Å²) in [4.78, 5) is 14.2. The summed E-state index contributed by atoms with van der Waals surface area (Å²) in [5, 5.41) is 4.48. The van der Waals surface area contributed by atoms with E-state index in [9.17, 15) is 0 Å². The summed E-state index contributed by atoms with van der Waals surface area (Å²) in [6.45, 7) is 12.7. The van der Waals surface area contributed by atoms with Crippen LogP contribution in [0, 0.1) is 5.92 Å². The molecular weight excluding hydrogens is 785 g/mol. The Kier molecular flexibility index (Phi) is 42.5. The van der Waals surface area contributed by atoms with Crippen LogP contribution in [0.25, 0.3) is 0 Å². The molecule has 5 nitrogen and oxygen atoms in total. The van der Waals surface area contributed by atoms with Crippen molar-refractivity contribution < 1.29 is 31.0 Å². The van der Waals surface area contributed by atoms with Crippen LogP contribution in [-0.4, -0.2) is 72.7 Å². The van der Waals surface area contributed by atoms with Gasteiger partial charge >= 0.3 is 29.6 Å². The number of nitrogens with zero attached hydrogens (tertiary/aromatic N) is 4. The summed E-state index contributed by atoms with van der Waals surface area (Å²) in [7, 11) is 0. The van der Waals surface area contributed by atoms with Crippen LogP contribution in [0.15, 0.2) is 9.98 Å². The quantitative estimate of drug-likeness (QED) is 0.0406. The van der Waals surface area contributed by atoms with Crippen LogP contribution in [0.3, 0.4) is 0 Å². The van der Waals surface area contributed by atoms with Crippen LogP contribution < -0.4 is 34.9 Å². The van der Waals surface area contributed by atoms with Crippen LogP contribution >= 0.6 is 15.9 Å². The number of halogens is 1. The molecule has 338 valence electrons. The number of amidine groups is 1. The van der Waals surface area contributed by atoms with E-state index in [-0.39, 0.29) is 31.0 Å². The molecule has 4 aliphatic heterocycles. The first-order valence-electron chi connectivity index (χ1n) is 26.2. The van der Waals surface area contributed by atoms with Gasteiger partial charge < -0.3 is 16.5 Å². The summed E-state index contributed by atoms with van der Waals surface area (Å²) >= 11 is 3.49. The van der Waals surface area contributed by atoms with Gasteiger partial charge in [-0.05, 0) is 44.9 Å². The third-order valence-corrected chi connectivity index (χ3v) is 13.5. The molecule has 4 heterocycles. The molecule has 0 amide bonds. The average Bonchev–Trinajstić information content (AvgIpc) is 3.25. The zero-order valence-corrected chi connectivity index (χ0v) is 43.4. The summed E-state index contributed by atoms with van der Waals surface area (Å²) in [5.41, 5.74) is 0. The zero-order valence-electron chi connectivity index (χ0n) is 40.8. The predicted octanol–water partition coefficient (Wildman–Crippen LogP) is 13.0. The SMILES string of the molecule is C1CN=C2NCCCN2C1.CCCCCCCCCCCCCCCCCCBr.CCCCCCCCCCCCCCCCCCC1CCCN2CCCN=C12.[H-].[Na+]. The molecule has 1 N–H and O–H groups in total. The third kappa shape index (κ3) is 32.0. The van der Waals surface area contributed by atoms with E-state index in [0.29, 0.717) is 0 Å². The van der Waals surface area contributed by atoms with Crippen molar-refractivity contribution in [2.45, 2.75) is 258 Å². The molecule has 0 radical (unpaired) electrons. The Morgan fingerprint density at radius 2 is 0.862 bits per heavy atom. The number of alkyl halides is 1. The number of hydrogen-bond donors (Lipinski definition) is 1. The molecule has 0 spiro atoms. The maximum Gasteiger partial charge on any atom is 1.00 e. The van der Waals surface area contributed by atoms with E-state index >= 15 is 0 Å². The summed E-state index contributed by atoms with van der Waals surface area (Å²) in [6, 6.07) is 0. The van der Waals surface area contributed by atoms with E-state index in [1.54, 1.807) is 0 Å². The van der Waals surface area contributed by atoms with Crippen molar-refractivity contribution >= 4 is 27.7 Å². The van der Waals surface area contributed by atoms with Crippen molar-refractivity contribution in [1.29, 1.82) is 0 Å². The fourth-order valence-electron chi connectivity index (χ4n) is 9.30. The molecule has 0 saturated carbocycles. The Balaban J connectivity index is 0.000000934. The molecule has 0 bridgehead atoms. The van der Waals surface area contributed by atoms with Gasteiger partial charge in [0.1, 0.15) is 5.84 Å². The van der Waals surface area contributed by atoms with Gasteiger partial charge in [-0.1, -0.05) is 229 Å². The number of hydrogen-bond acceptors (Lipinski definition) is 5.